The van der Waals surface area contributed by atoms with Crippen molar-refractivity contribution in [3.63, 3.8) is 0 Å². The molecule has 0 saturated carbocycles. The Balaban J connectivity index is 2.17. The van der Waals surface area contributed by atoms with E-state index in [1.807, 2.05) is 56.3 Å². The van der Waals surface area contributed by atoms with Crippen LogP contribution in [0.4, 0.5) is 0 Å². The molecule has 0 spiro atoms. The van der Waals surface area contributed by atoms with Crippen molar-refractivity contribution < 1.29 is 10.2 Å². The SMILES string of the molecule is Cc1ccc(O)c(C(C)N[C@H](CO)c2ccccc2)c1. The summed E-state index contributed by atoms with van der Waals surface area (Å²) in [5.74, 6) is 0.278. The Labute approximate surface area is 119 Å². The minimum absolute atomic E-state index is 0.0148. The smallest absolute Gasteiger partial charge is 0.120 e. The van der Waals surface area contributed by atoms with Crippen LogP contribution < -0.4 is 5.32 Å². The van der Waals surface area contributed by atoms with Gasteiger partial charge >= 0.3 is 0 Å². The highest BCUT2D eigenvalue weighted by atomic mass is 16.3. The maximum atomic E-state index is 9.96. The quantitative estimate of drug-likeness (QED) is 0.783. The summed E-state index contributed by atoms with van der Waals surface area (Å²) < 4.78 is 0. The van der Waals surface area contributed by atoms with Crippen LogP contribution in [0.1, 0.15) is 35.7 Å². The van der Waals surface area contributed by atoms with E-state index < -0.39 is 0 Å². The molecule has 2 rings (SSSR count). The molecule has 0 amide bonds. The Morgan fingerprint density at radius 1 is 1.10 bits per heavy atom. The van der Waals surface area contributed by atoms with Gasteiger partial charge in [0.2, 0.25) is 0 Å². The predicted octanol–water partition coefficient (Wildman–Crippen LogP) is 3.08. The van der Waals surface area contributed by atoms with Gasteiger partial charge in [0.25, 0.3) is 0 Å². The van der Waals surface area contributed by atoms with E-state index in [0.717, 1.165) is 16.7 Å². The van der Waals surface area contributed by atoms with Crippen molar-refractivity contribution in [1.82, 2.24) is 5.32 Å². The van der Waals surface area contributed by atoms with Crippen LogP contribution >= 0.6 is 0 Å². The predicted molar refractivity (Wildman–Crippen MR) is 80.7 cm³/mol. The van der Waals surface area contributed by atoms with Gasteiger partial charge in [0, 0.05) is 11.6 Å². The number of aryl methyl sites for hydroxylation is 1. The Hall–Kier alpha value is -1.84. The molecule has 0 heterocycles. The summed E-state index contributed by atoms with van der Waals surface area (Å²) in [5, 5.41) is 22.9. The number of hydrogen-bond donors (Lipinski definition) is 3. The molecule has 2 aromatic carbocycles. The molecular formula is C17H21NO2. The number of phenolic OH excluding ortho intramolecular Hbond substituents is 1. The second-order valence-corrected chi connectivity index (χ2v) is 5.10. The summed E-state index contributed by atoms with van der Waals surface area (Å²) in [6.07, 6.45) is 0. The molecule has 0 aromatic heterocycles. The number of nitrogens with one attached hydrogen (secondary N) is 1. The first kappa shape index (κ1) is 14.6. The number of phenols is 1. The molecule has 3 nitrogen and oxygen atoms in total. The van der Waals surface area contributed by atoms with Gasteiger partial charge in [-0.3, -0.25) is 0 Å². The van der Waals surface area contributed by atoms with Crippen LogP contribution in [0, 0.1) is 6.92 Å². The van der Waals surface area contributed by atoms with Crippen LogP contribution in [-0.2, 0) is 0 Å². The molecule has 20 heavy (non-hydrogen) atoms. The van der Waals surface area contributed by atoms with Gasteiger partial charge in [0.1, 0.15) is 5.75 Å². The van der Waals surface area contributed by atoms with Gasteiger partial charge in [-0.1, -0.05) is 48.0 Å². The number of benzene rings is 2. The Morgan fingerprint density at radius 2 is 1.80 bits per heavy atom. The zero-order valence-corrected chi connectivity index (χ0v) is 11.9. The zero-order valence-electron chi connectivity index (χ0n) is 11.9. The molecule has 0 aliphatic heterocycles. The van der Waals surface area contributed by atoms with Crippen LogP contribution in [0.25, 0.3) is 0 Å². The Kier molecular flexibility index (Phi) is 4.77. The van der Waals surface area contributed by atoms with Gasteiger partial charge in [0.05, 0.1) is 12.6 Å². The largest absolute Gasteiger partial charge is 0.508 e. The average Bonchev–Trinajstić information content (AvgIpc) is 2.48. The van der Waals surface area contributed by atoms with Gasteiger partial charge in [-0.2, -0.15) is 0 Å². The van der Waals surface area contributed by atoms with Crippen LogP contribution in [0.15, 0.2) is 48.5 Å². The van der Waals surface area contributed by atoms with Gasteiger partial charge in [0.15, 0.2) is 0 Å². The summed E-state index contributed by atoms with van der Waals surface area (Å²) in [7, 11) is 0. The Bertz CT molecular complexity index is 554. The van der Waals surface area contributed by atoms with Crippen molar-refractivity contribution >= 4 is 0 Å². The molecule has 0 aliphatic rings. The van der Waals surface area contributed by atoms with Gasteiger partial charge in [-0.25, -0.2) is 0 Å². The molecule has 3 N–H and O–H groups in total. The third-order valence-electron chi connectivity index (χ3n) is 3.49. The van der Waals surface area contributed by atoms with Crippen LogP contribution in [0.2, 0.25) is 0 Å². The first-order chi connectivity index (χ1) is 9.61. The number of aromatic hydroxyl groups is 1. The van der Waals surface area contributed by atoms with Crippen molar-refractivity contribution in [1.29, 1.82) is 0 Å². The fraction of sp³-hybridized carbons (Fsp3) is 0.294. The standard InChI is InChI=1S/C17H21NO2/c1-12-8-9-17(20)15(10-12)13(2)18-16(11-19)14-6-4-3-5-7-14/h3-10,13,16,18-20H,11H2,1-2H3/t13?,16-/m1/s1. The van der Waals surface area contributed by atoms with E-state index in [1.165, 1.54) is 0 Å². The first-order valence-corrected chi connectivity index (χ1v) is 6.83. The van der Waals surface area contributed by atoms with Crippen molar-refractivity contribution in [2.24, 2.45) is 0 Å². The van der Waals surface area contributed by atoms with E-state index in [4.69, 9.17) is 0 Å². The van der Waals surface area contributed by atoms with E-state index in [1.54, 1.807) is 6.07 Å². The number of aliphatic hydroxyl groups excluding tert-OH is 1. The second-order valence-electron chi connectivity index (χ2n) is 5.10. The molecule has 2 atom stereocenters. The van der Waals surface area contributed by atoms with E-state index in [9.17, 15) is 10.2 Å². The lowest BCUT2D eigenvalue weighted by atomic mass is 10.0. The number of rotatable bonds is 5. The highest BCUT2D eigenvalue weighted by molar-refractivity contribution is 5.38. The molecule has 0 fully saturated rings. The van der Waals surface area contributed by atoms with Crippen LogP contribution in [-0.4, -0.2) is 16.8 Å². The summed E-state index contributed by atoms with van der Waals surface area (Å²) in [6, 6.07) is 15.2. The topological polar surface area (TPSA) is 52.5 Å². The van der Waals surface area contributed by atoms with Crippen molar-refractivity contribution in [2.75, 3.05) is 6.61 Å². The van der Waals surface area contributed by atoms with E-state index in [-0.39, 0.29) is 24.4 Å². The number of hydrogen-bond acceptors (Lipinski definition) is 3. The van der Waals surface area contributed by atoms with Gasteiger partial charge < -0.3 is 15.5 Å². The summed E-state index contributed by atoms with van der Waals surface area (Å²) in [4.78, 5) is 0. The maximum Gasteiger partial charge on any atom is 0.120 e. The fourth-order valence-corrected chi connectivity index (χ4v) is 2.35. The van der Waals surface area contributed by atoms with E-state index >= 15 is 0 Å². The molecule has 1 unspecified atom stereocenters. The normalized spacial score (nSPS) is 13.9. The van der Waals surface area contributed by atoms with Gasteiger partial charge in [-0.15, -0.1) is 0 Å². The molecule has 0 radical (unpaired) electrons. The fourth-order valence-electron chi connectivity index (χ4n) is 2.35. The summed E-state index contributed by atoms with van der Waals surface area (Å²) in [5.41, 5.74) is 2.99. The van der Waals surface area contributed by atoms with E-state index in [2.05, 4.69) is 5.32 Å². The lowest BCUT2D eigenvalue weighted by Crippen LogP contribution is -2.27. The highest BCUT2D eigenvalue weighted by Gasteiger charge is 2.16. The highest BCUT2D eigenvalue weighted by Crippen LogP contribution is 2.27. The Morgan fingerprint density at radius 3 is 2.45 bits per heavy atom. The van der Waals surface area contributed by atoms with Crippen molar-refractivity contribution in [2.45, 2.75) is 25.9 Å². The molecular weight excluding hydrogens is 250 g/mol. The molecule has 0 aliphatic carbocycles. The minimum atomic E-state index is -0.147. The first-order valence-electron chi connectivity index (χ1n) is 6.83. The lowest BCUT2D eigenvalue weighted by molar-refractivity contribution is 0.234. The van der Waals surface area contributed by atoms with Gasteiger partial charge in [-0.05, 0) is 25.5 Å². The number of aliphatic hydroxyl groups is 1. The lowest BCUT2D eigenvalue weighted by Gasteiger charge is -2.23. The van der Waals surface area contributed by atoms with Crippen molar-refractivity contribution in [3.05, 3.63) is 65.2 Å². The third-order valence-corrected chi connectivity index (χ3v) is 3.49. The van der Waals surface area contributed by atoms with Crippen molar-refractivity contribution in [3.8, 4) is 5.75 Å². The second kappa shape index (κ2) is 6.55. The molecule has 0 bridgehead atoms. The molecule has 3 heteroatoms. The zero-order chi connectivity index (χ0) is 14.5. The maximum absolute atomic E-state index is 9.96. The monoisotopic (exact) mass is 271 g/mol. The molecule has 2 aromatic rings. The van der Waals surface area contributed by atoms with E-state index in [0.29, 0.717) is 0 Å². The third kappa shape index (κ3) is 3.38. The molecule has 0 saturated heterocycles. The summed E-state index contributed by atoms with van der Waals surface area (Å²) in [6.45, 7) is 4.00. The minimum Gasteiger partial charge on any atom is -0.508 e. The van der Waals surface area contributed by atoms with Crippen LogP contribution in [0.5, 0.6) is 5.75 Å². The molecule has 106 valence electrons. The van der Waals surface area contributed by atoms with Crippen LogP contribution in [0.3, 0.4) is 0 Å². The average molecular weight is 271 g/mol. The summed E-state index contributed by atoms with van der Waals surface area (Å²) >= 11 is 0.